The Morgan fingerprint density at radius 2 is 0.840 bits per heavy atom. The Kier molecular flexibility index (Phi) is 10.9. The number of benzene rings is 12. The minimum atomic E-state index is 0.232. The molecule has 1 aromatic heterocycles. The van der Waals surface area contributed by atoms with E-state index in [0.717, 1.165) is 23.5 Å². The van der Waals surface area contributed by atoms with E-state index in [1.807, 2.05) is 0 Å². The van der Waals surface area contributed by atoms with Crippen LogP contribution in [0.2, 0.25) is 0 Å². The van der Waals surface area contributed by atoms with Gasteiger partial charge in [0.25, 0.3) is 0 Å². The summed E-state index contributed by atoms with van der Waals surface area (Å²) in [6, 6.07) is 98.2. The highest BCUT2D eigenvalue weighted by molar-refractivity contribution is 6.16. The van der Waals surface area contributed by atoms with Crippen molar-refractivity contribution in [3.05, 3.63) is 290 Å². The van der Waals surface area contributed by atoms with Gasteiger partial charge in [-0.15, -0.1) is 0 Å². The number of aromatic nitrogens is 1. The van der Waals surface area contributed by atoms with E-state index in [0.29, 0.717) is 0 Å². The van der Waals surface area contributed by atoms with Crippen LogP contribution in [0, 0.1) is 5.92 Å². The molecular formula is C73H52N2. The molecule has 1 unspecified atom stereocenters. The van der Waals surface area contributed by atoms with Crippen LogP contribution in [0.5, 0.6) is 0 Å². The predicted molar refractivity (Wildman–Crippen MR) is 320 cm³/mol. The number of hydrogen-bond acceptors (Lipinski definition) is 1. The van der Waals surface area contributed by atoms with Crippen LogP contribution in [0.4, 0.5) is 11.4 Å². The Bertz CT molecular complexity index is 4350. The Morgan fingerprint density at radius 1 is 0.360 bits per heavy atom. The average Bonchev–Trinajstić information content (AvgIpc) is 3.83. The second-order valence-electron chi connectivity index (χ2n) is 20.1. The van der Waals surface area contributed by atoms with Crippen molar-refractivity contribution < 1.29 is 0 Å². The summed E-state index contributed by atoms with van der Waals surface area (Å²) in [6.45, 7) is 2.38. The van der Waals surface area contributed by atoms with Crippen molar-refractivity contribution in [2.75, 3.05) is 4.90 Å². The number of fused-ring (bicyclic) bond motifs is 7. The van der Waals surface area contributed by atoms with Crippen LogP contribution >= 0.6 is 0 Å². The van der Waals surface area contributed by atoms with Crippen LogP contribution in [0.1, 0.15) is 18.9 Å². The molecule has 0 N–H and O–H groups in total. The molecule has 14 rings (SSSR count). The van der Waals surface area contributed by atoms with Gasteiger partial charge < -0.3 is 9.47 Å². The van der Waals surface area contributed by atoms with E-state index in [2.05, 4.69) is 295 Å². The minimum Gasteiger partial charge on any atom is -0.314 e. The first-order valence-corrected chi connectivity index (χ1v) is 26.2. The normalized spacial score (nSPS) is 13.6. The molecule has 1 heterocycles. The van der Waals surface area contributed by atoms with Crippen molar-refractivity contribution >= 4 is 71.1 Å². The first kappa shape index (κ1) is 44.2. The van der Waals surface area contributed by atoms with Crippen molar-refractivity contribution in [3.8, 4) is 50.2 Å². The fourth-order valence-electron chi connectivity index (χ4n) is 11.7. The molecule has 1 aliphatic rings. The molecule has 2 heteroatoms. The molecule has 13 aromatic rings. The molecule has 0 radical (unpaired) electrons. The van der Waals surface area contributed by atoms with E-state index in [4.69, 9.17) is 0 Å². The third-order valence-electron chi connectivity index (χ3n) is 15.6. The molecule has 0 saturated carbocycles. The molecule has 12 aromatic carbocycles. The maximum atomic E-state index is 2.51. The Balaban J connectivity index is 0.938. The summed E-state index contributed by atoms with van der Waals surface area (Å²) in [5.41, 5.74) is 19.1. The Morgan fingerprint density at radius 3 is 1.53 bits per heavy atom. The first-order valence-electron chi connectivity index (χ1n) is 26.2. The van der Waals surface area contributed by atoms with Gasteiger partial charge in [-0.2, -0.15) is 0 Å². The SMILES string of the molecule is CC1CC=C(c2cc(-c3ccccc3)cc3c2c2ccc(-c4ccccc4)cc2n3-c2ccccc2)C=C1N(c1ccc(-c2ccc3ccccc3c2)cc1)c1ccc(-c2ccc3c(ccc4ccccc43)c2)cc1. The van der Waals surface area contributed by atoms with Crippen LogP contribution in [-0.4, -0.2) is 4.57 Å². The highest BCUT2D eigenvalue weighted by Crippen LogP contribution is 2.46. The number of rotatable bonds is 9. The summed E-state index contributed by atoms with van der Waals surface area (Å²) < 4.78 is 2.48. The van der Waals surface area contributed by atoms with Gasteiger partial charge >= 0.3 is 0 Å². The topological polar surface area (TPSA) is 8.17 Å². The van der Waals surface area contributed by atoms with Crippen molar-refractivity contribution in [1.82, 2.24) is 4.57 Å². The molecule has 0 amide bonds. The smallest absolute Gasteiger partial charge is 0.0553 e. The molecular weight excluding hydrogens is 905 g/mol. The molecule has 2 nitrogen and oxygen atoms in total. The third kappa shape index (κ3) is 8.00. The minimum absolute atomic E-state index is 0.232. The number of allylic oxidation sites excluding steroid dienone is 4. The van der Waals surface area contributed by atoms with E-state index in [1.165, 1.54) is 115 Å². The zero-order chi connectivity index (χ0) is 49.8. The third-order valence-corrected chi connectivity index (χ3v) is 15.6. The quantitative estimate of drug-likeness (QED) is 0.131. The van der Waals surface area contributed by atoms with Crippen molar-refractivity contribution in [2.45, 2.75) is 13.3 Å². The number of para-hydroxylation sites is 1. The predicted octanol–water partition coefficient (Wildman–Crippen LogP) is 20.1. The molecule has 1 aliphatic carbocycles. The molecule has 1 atom stereocenters. The zero-order valence-electron chi connectivity index (χ0n) is 41.7. The van der Waals surface area contributed by atoms with Gasteiger partial charge in [-0.1, -0.05) is 213 Å². The van der Waals surface area contributed by atoms with Crippen LogP contribution < -0.4 is 4.90 Å². The second kappa shape index (κ2) is 18.5. The number of anilines is 2. The van der Waals surface area contributed by atoms with Crippen LogP contribution in [0.25, 0.3) is 110 Å². The highest BCUT2D eigenvalue weighted by atomic mass is 15.2. The summed E-state index contributed by atoms with van der Waals surface area (Å²) in [7, 11) is 0. The standard InChI is InChI=1S/C73H52N2/c1-49-25-26-61(69-45-62(51-17-7-3-8-18-51)48-72-73(69)68-42-36-59(50-15-5-2-6-16-50)46-71(68)75(72)63-22-9-4-10-23-63)47-70(49)74(64-37-31-53(32-38-64)57-29-27-52-19-11-12-21-56(52)43-57)65-39-33-54(34-40-65)58-35-41-67-60(44-58)30-28-55-20-13-14-24-66(55)67/h2-24,26-49H,25H2,1H3. The Hall–Kier alpha value is -9.50. The Labute approximate surface area is 438 Å². The molecule has 0 spiro atoms. The monoisotopic (exact) mass is 956 g/mol. The summed E-state index contributed by atoms with van der Waals surface area (Å²) in [4.78, 5) is 2.51. The molecule has 354 valence electrons. The van der Waals surface area contributed by atoms with Gasteiger partial charge in [0.2, 0.25) is 0 Å². The van der Waals surface area contributed by atoms with E-state index in [-0.39, 0.29) is 5.92 Å². The van der Waals surface area contributed by atoms with Crippen molar-refractivity contribution in [1.29, 1.82) is 0 Å². The fraction of sp³-hybridized carbons (Fsp3) is 0.0411. The summed E-state index contributed by atoms with van der Waals surface area (Å²) in [5, 5.41) is 10.1. The summed E-state index contributed by atoms with van der Waals surface area (Å²) >= 11 is 0. The lowest BCUT2D eigenvalue weighted by molar-refractivity contribution is 0.672. The summed E-state index contributed by atoms with van der Waals surface area (Å²) in [5.74, 6) is 0.232. The molecule has 0 saturated heterocycles. The maximum absolute atomic E-state index is 2.51. The van der Waals surface area contributed by atoms with E-state index < -0.39 is 0 Å². The van der Waals surface area contributed by atoms with Gasteiger partial charge in [-0.05, 0) is 167 Å². The van der Waals surface area contributed by atoms with Crippen LogP contribution in [-0.2, 0) is 0 Å². The number of hydrogen-bond donors (Lipinski definition) is 0. The zero-order valence-corrected chi connectivity index (χ0v) is 41.7. The van der Waals surface area contributed by atoms with Gasteiger partial charge in [0, 0.05) is 39.4 Å². The van der Waals surface area contributed by atoms with Gasteiger partial charge in [0.15, 0.2) is 0 Å². The van der Waals surface area contributed by atoms with Crippen LogP contribution in [0.15, 0.2) is 285 Å². The van der Waals surface area contributed by atoms with Crippen LogP contribution in [0.3, 0.4) is 0 Å². The van der Waals surface area contributed by atoms with E-state index in [9.17, 15) is 0 Å². The largest absolute Gasteiger partial charge is 0.314 e. The average molecular weight is 957 g/mol. The lowest BCUT2D eigenvalue weighted by Gasteiger charge is -2.34. The second-order valence-corrected chi connectivity index (χ2v) is 20.1. The maximum Gasteiger partial charge on any atom is 0.0553 e. The lowest BCUT2D eigenvalue weighted by atomic mass is 9.87. The molecule has 75 heavy (non-hydrogen) atoms. The van der Waals surface area contributed by atoms with Crippen molar-refractivity contribution in [2.24, 2.45) is 5.92 Å². The summed E-state index contributed by atoms with van der Waals surface area (Å²) in [6.07, 6.45) is 5.86. The first-order chi connectivity index (χ1) is 37.1. The van der Waals surface area contributed by atoms with Gasteiger partial charge in [-0.25, -0.2) is 0 Å². The number of nitrogens with zero attached hydrogens (tertiary/aromatic N) is 2. The van der Waals surface area contributed by atoms with E-state index >= 15 is 0 Å². The van der Waals surface area contributed by atoms with Gasteiger partial charge in [0.05, 0.1) is 11.0 Å². The molecule has 0 aliphatic heterocycles. The fourth-order valence-corrected chi connectivity index (χ4v) is 11.7. The lowest BCUT2D eigenvalue weighted by Crippen LogP contribution is -2.23. The van der Waals surface area contributed by atoms with Gasteiger partial charge in [0.1, 0.15) is 0 Å². The van der Waals surface area contributed by atoms with E-state index in [1.54, 1.807) is 0 Å². The van der Waals surface area contributed by atoms with Gasteiger partial charge in [-0.3, -0.25) is 0 Å². The van der Waals surface area contributed by atoms with Crippen molar-refractivity contribution in [3.63, 3.8) is 0 Å². The molecule has 0 bridgehead atoms. The highest BCUT2D eigenvalue weighted by Gasteiger charge is 2.26. The molecule has 0 fully saturated rings.